The number of benzene rings is 1. The van der Waals surface area contributed by atoms with E-state index in [9.17, 15) is 4.79 Å². The van der Waals surface area contributed by atoms with Crippen molar-refractivity contribution in [1.82, 2.24) is 0 Å². The van der Waals surface area contributed by atoms with Crippen molar-refractivity contribution in [3.05, 3.63) is 23.8 Å². The second-order valence-corrected chi connectivity index (χ2v) is 5.38. The number of hydrogen-bond acceptors (Lipinski definition) is 3. The molecule has 0 amide bonds. The highest BCUT2D eigenvalue weighted by molar-refractivity contribution is 8.00. The lowest BCUT2D eigenvalue weighted by Crippen LogP contribution is -2.29. The van der Waals surface area contributed by atoms with Gasteiger partial charge in [-0.2, -0.15) is 0 Å². The summed E-state index contributed by atoms with van der Waals surface area (Å²) >= 11 is 1.79. The van der Waals surface area contributed by atoms with Crippen LogP contribution in [0.5, 0.6) is 0 Å². The van der Waals surface area contributed by atoms with Gasteiger partial charge in [0.1, 0.15) is 0 Å². The first kappa shape index (κ1) is 11.3. The van der Waals surface area contributed by atoms with E-state index in [0.29, 0.717) is 11.9 Å². The van der Waals surface area contributed by atoms with Crippen LogP contribution in [-0.4, -0.2) is 23.0 Å². The fourth-order valence-corrected chi connectivity index (χ4v) is 3.07. The molecule has 2 rings (SSSR count). The Hall–Kier alpha value is -1.16. The fraction of sp³-hybridized carbons (Fsp3) is 0.417. The van der Waals surface area contributed by atoms with Gasteiger partial charge in [0.15, 0.2) is 0 Å². The summed E-state index contributed by atoms with van der Waals surface area (Å²) in [5.41, 5.74) is 2.40. The third kappa shape index (κ3) is 2.16. The summed E-state index contributed by atoms with van der Waals surface area (Å²) in [6.45, 7) is 4.76. The molecular formula is C12H15NO2S. The Morgan fingerprint density at radius 1 is 1.56 bits per heavy atom. The second kappa shape index (κ2) is 4.37. The van der Waals surface area contributed by atoms with E-state index in [0.717, 1.165) is 0 Å². The van der Waals surface area contributed by atoms with E-state index >= 15 is 0 Å². The van der Waals surface area contributed by atoms with Crippen molar-refractivity contribution in [3.63, 3.8) is 0 Å². The van der Waals surface area contributed by atoms with E-state index in [4.69, 9.17) is 5.11 Å². The van der Waals surface area contributed by atoms with Gasteiger partial charge in [-0.25, -0.2) is 0 Å². The summed E-state index contributed by atoms with van der Waals surface area (Å²) in [7, 11) is 0. The number of fused-ring (bicyclic) bond motifs is 1. The average Bonchev–Trinajstić information content (AvgIpc) is 2.51. The number of thioether (sulfide) groups is 1. The summed E-state index contributed by atoms with van der Waals surface area (Å²) in [5, 5.41) is 9.06. The van der Waals surface area contributed by atoms with Crippen molar-refractivity contribution in [1.29, 1.82) is 0 Å². The molecule has 1 aromatic rings. The van der Waals surface area contributed by atoms with Gasteiger partial charge in [0.2, 0.25) is 0 Å². The number of anilines is 1. The molecular weight excluding hydrogens is 222 g/mol. The lowest BCUT2D eigenvalue weighted by atomic mass is 10.2. The van der Waals surface area contributed by atoms with Crippen molar-refractivity contribution < 1.29 is 9.90 Å². The molecule has 1 aliphatic rings. The fourth-order valence-electron chi connectivity index (χ4n) is 1.91. The Bertz CT molecular complexity index is 419. The van der Waals surface area contributed by atoms with E-state index in [-0.39, 0.29) is 6.42 Å². The van der Waals surface area contributed by atoms with Crippen LogP contribution in [0.25, 0.3) is 0 Å². The van der Waals surface area contributed by atoms with E-state index in [1.165, 1.54) is 16.1 Å². The minimum Gasteiger partial charge on any atom is -0.481 e. The summed E-state index contributed by atoms with van der Waals surface area (Å²) in [5.74, 6) is -0.738. The number of aryl methyl sites for hydroxylation is 1. The number of carboxylic acid groups (broad SMARTS) is 1. The monoisotopic (exact) mass is 237 g/mol. The smallest absolute Gasteiger partial charge is 0.305 e. The Morgan fingerprint density at radius 3 is 3.00 bits per heavy atom. The maximum atomic E-state index is 10.6. The predicted molar refractivity (Wildman–Crippen MR) is 66.1 cm³/mol. The molecule has 0 radical (unpaired) electrons. The number of carbonyl (C=O) groups is 1. The first-order valence-corrected chi connectivity index (χ1v) is 6.21. The molecule has 1 atom stereocenters. The maximum Gasteiger partial charge on any atom is 0.305 e. The minimum absolute atomic E-state index is 0.193. The van der Waals surface area contributed by atoms with Crippen LogP contribution in [0.15, 0.2) is 23.1 Å². The van der Waals surface area contributed by atoms with E-state index in [1.54, 1.807) is 11.8 Å². The Balaban J connectivity index is 2.21. The highest BCUT2D eigenvalue weighted by Crippen LogP contribution is 2.43. The number of nitrogens with zero attached hydrogens (tertiary/aromatic N) is 1. The predicted octanol–water partition coefficient (Wildman–Crippen LogP) is 2.73. The second-order valence-electron chi connectivity index (χ2n) is 4.03. The molecule has 0 fully saturated rings. The van der Waals surface area contributed by atoms with Crippen LogP contribution in [0.1, 0.15) is 18.9 Å². The van der Waals surface area contributed by atoms with E-state index in [2.05, 4.69) is 36.9 Å². The van der Waals surface area contributed by atoms with Gasteiger partial charge in [0.25, 0.3) is 0 Å². The normalized spacial score (nSPS) is 18.6. The van der Waals surface area contributed by atoms with E-state index < -0.39 is 5.97 Å². The molecule has 1 unspecified atom stereocenters. The molecule has 16 heavy (non-hydrogen) atoms. The molecule has 1 aromatic carbocycles. The van der Waals surface area contributed by atoms with E-state index in [1.807, 2.05) is 0 Å². The Morgan fingerprint density at radius 2 is 2.31 bits per heavy atom. The topological polar surface area (TPSA) is 40.5 Å². The zero-order valence-corrected chi connectivity index (χ0v) is 10.3. The van der Waals surface area contributed by atoms with Gasteiger partial charge in [-0.05, 0) is 31.5 Å². The van der Waals surface area contributed by atoms with Gasteiger partial charge < -0.3 is 10.0 Å². The number of hydrogen-bond donors (Lipinski definition) is 1. The van der Waals surface area contributed by atoms with Gasteiger partial charge in [0, 0.05) is 11.4 Å². The average molecular weight is 237 g/mol. The van der Waals surface area contributed by atoms with Crippen LogP contribution in [0.3, 0.4) is 0 Å². The van der Waals surface area contributed by atoms with Crippen LogP contribution in [-0.2, 0) is 4.79 Å². The Labute approximate surface area is 99.5 Å². The largest absolute Gasteiger partial charge is 0.481 e. The third-order valence-corrected chi connectivity index (χ3v) is 3.92. The summed E-state index contributed by atoms with van der Waals surface area (Å²) in [4.78, 5) is 14.0. The summed E-state index contributed by atoms with van der Waals surface area (Å²) in [6.07, 6.45) is 0.193. The van der Waals surface area contributed by atoms with Crippen molar-refractivity contribution in [2.45, 2.75) is 30.5 Å². The molecule has 0 aromatic heterocycles. The number of rotatable bonds is 3. The zero-order chi connectivity index (χ0) is 11.7. The summed E-state index contributed by atoms with van der Waals surface area (Å²) < 4.78 is 0. The van der Waals surface area contributed by atoms with Crippen molar-refractivity contribution in [3.8, 4) is 0 Å². The van der Waals surface area contributed by atoms with Gasteiger partial charge in [-0.1, -0.05) is 17.8 Å². The lowest BCUT2D eigenvalue weighted by Gasteiger charge is -2.23. The molecule has 4 heteroatoms. The van der Waals surface area contributed by atoms with Crippen molar-refractivity contribution in [2.75, 3.05) is 11.4 Å². The van der Waals surface area contributed by atoms with Gasteiger partial charge in [-0.15, -0.1) is 0 Å². The van der Waals surface area contributed by atoms with Crippen LogP contribution in [0, 0.1) is 6.92 Å². The van der Waals surface area contributed by atoms with Gasteiger partial charge in [0.05, 0.1) is 17.5 Å². The molecule has 0 aliphatic carbocycles. The van der Waals surface area contributed by atoms with Crippen molar-refractivity contribution in [2.24, 2.45) is 0 Å². The van der Waals surface area contributed by atoms with Gasteiger partial charge >= 0.3 is 5.97 Å². The molecule has 3 nitrogen and oxygen atoms in total. The van der Waals surface area contributed by atoms with Crippen LogP contribution < -0.4 is 4.90 Å². The molecule has 1 aliphatic heterocycles. The third-order valence-electron chi connectivity index (χ3n) is 2.73. The quantitative estimate of drug-likeness (QED) is 0.877. The molecule has 86 valence electrons. The highest BCUT2D eigenvalue weighted by Gasteiger charge is 2.26. The van der Waals surface area contributed by atoms with Gasteiger partial charge in [-0.3, -0.25) is 4.79 Å². The zero-order valence-electron chi connectivity index (χ0n) is 9.43. The highest BCUT2D eigenvalue weighted by atomic mass is 32.2. The first-order chi connectivity index (χ1) is 7.58. The van der Waals surface area contributed by atoms with Crippen LogP contribution in [0.2, 0.25) is 0 Å². The number of aliphatic carboxylic acids is 1. The van der Waals surface area contributed by atoms with Crippen LogP contribution >= 0.6 is 11.8 Å². The molecule has 0 saturated carbocycles. The molecule has 0 bridgehead atoms. The Kier molecular flexibility index (Phi) is 3.10. The SMILES string of the molecule is Cc1ccc2c(c1)N(CCC(=O)O)C(C)S2. The molecule has 0 saturated heterocycles. The molecule has 1 N–H and O–H groups in total. The first-order valence-electron chi connectivity index (χ1n) is 5.33. The molecule has 1 heterocycles. The lowest BCUT2D eigenvalue weighted by molar-refractivity contribution is -0.136. The molecule has 0 spiro atoms. The van der Waals surface area contributed by atoms with Crippen LogP contribution in [0.4, 0.5) is 5.69 Å². The standard InChI is InChI=1S/C12H15NO2S/c1-8-3-4-11-10(7-8)13(9(2)16-11)6-5-12(14)15/h3-4,7,9H,5-6H2,1-2H3,(H,14,15). The van der Waals surface area contributed by atoms with Crippen molar-refractivity contribution >= 4 is 23.4 Å². The summed E-state index contributed by atoms with van der Waals surface area (Å²) in [6, 6.07) is 6.35. The maximum absolute atomic E-state index is 10.6. The number of carboxylic acids is 1. The minimum atomic E-state index is -0.738.